The van der Waals surface area contributed by atoms with Crippen LogP contribution in [0.3, 0.4) is 0 Å². The van der Waals surface area contributed by atoms with Gasteiger partial charge >= 0.3 is 0 Å². The Morgan fingerprint density at radius 3 is 2.71 bits per heavy atom. The summed E-state index contributed by atoms with van der Waals surface area (Å²) >= 11 is 0. The molecular weight excluding hydrogens is 266 g/mol. The van der Waals surface area contributed by atoms with Crippen molar-refractivity contribution < 1.29 is 9.94 Å². The molecule has 0 aliphatic heterocycles. The Balaban J connectivity index is 1.67. The van der Waals surface area contributed by atoms with Crippen molar-refractivity contribution in [3.05, 3.63) is 29.8 Å². The number of nitrogens with two attached hydrogens (primary N) is 1. The minimum Gasteiger partial charge on any atom is -0.492 e. The molecule has 1 unspecified atom stereocenters. The zero-order valence-corrected chi connectivity index (χ0v) is 12.6. The van der Waals surface area contributed by atoms with Crippen molar-refractivity contribution in [2.45, 2.75) is 38.6 Å². The van der Waals surface area contributed by atoms with E-state index in [1.165, 1.54) is 25.7 Å². The summed E-state index contributed by atoms with van der Waals surface area (Å²) in [6.07, 6.45) is 5.28. The number of hydrogen-bond donors (Lipinski definition) is 3. The van der Waals surface area contributed by atoms with Crippen LogP contribution in [0.25, 0.3) is 0 Å². The van der Waals surface area contributed by atoms with E-state index in [-0.39, 0.29) is 5.84 Å². The van der Waals surface area contributed by atoms with Gasteiger partial charge in [-0.25, -0.2) is 0 Å². The molecule has 1 fully saturated rings. The highest BCUT2D eigenvalue weighted by atomic mass is 16.5. The summed E-state index contributed by atoms with van der Waals surface area (Å²) in [5, 5.41) is 15.1. The van der Waals surface area contributed by atoms with Crippen LogP contribution in [0.15, 0.2) is 29.4 Å². The molecule has 1 saturated carbocycles. The SMILES string of the molecule is CCC(CC1CC1)NCCOc1ccc(C(N)=NO)cc1. The van der Waals surface area contributed by atoms with E-state index >= 15 is 0 Å². The molecule has 0 bridgehead atoms. The zero-order chi connectivity index (χ0) is 15.1. The number of benzene rings is 1. The Hall–Kier alpha value is -1.75. The monoisotopic (exact) mass is 291 g/mol. The molecule has 1 aromatic carbocycles. The maximum Gasteiger partial charge on any atom is 0.170 e. The molecule has 5 heteroatoms. The molecular formula is C16H25N3O2. The van der Waals surface area contributed by atoms with E-state index in [9.17, 15) is 0 Å². The first-order valence-corrected chi connectivity index (χ1v) is 7.67. The van der Waals surface area contributed by atoms with Crippen LogP contribution in [0, 0.1) is 5.92 Å². The maximum atomic E-state index is 8.60. The summed E-state index contributed by atoms with van der Waals surface area (Å²) < 4.78 is 5.68. The largest absolute Gasteiger partial charge is 0.492 e. The van der Waals surface area contributed by atoms with Gasteiger partial charge < -0.3 is 21.0 Å². The molecule has 4 N–H and O–H groups in total. The molecule has 1 aliphatic rings. The quantitative estimate of drug-likeness (QED) is 0.214. The lowest BCUT2D eigenvalue weighted by Gasteiger charge is -2.16. The number of nitrogens with one attached hydrogen (secondary N) is 1. The van der Waals surface area contributed by atoms with Crippen LogP contribution < -0.4 is 15.8 Å². The summed E-state index contributed by atoms with van der Waals surface area (Å²) in [6, 6.07) is 7.83. The lowest BCUT2D eigenvalue weighted by molar-refractivity contribution is 0.299. The molecule has 0 heterocycles. The summed E-state index contributed by atoms with van der Waals surface area (Å²) in [5.41, 5.74) is 6.19. The first-order valence-electron chi connectivity index (χ1n) is 7.67. The van der Waals surface area contributed by atoms with E-state index in [0.29, 0.717) is 18.2 Å². The third-order valence-corrected chi connectivity index (χ3v) is 3.87. The second kappa shape index (κ2) is 7.88. The van der Waals surface area contributed by atoms with Gasteiger partial charge in [-0.2, -0.15) is 0 Å². The second-order valence-electron chi connectivity index (χ2n) is 5.60. The van der Waals surface area contributed by atoms with E-state index in [1.54, 1.807) is 12.1 Å². The van der Waals surface area contributed by atoms with Crippen molar-refractivity contribution in [3.8, 4) is 5.75 Å². The first-order chi connectivity index (χ1) is 10.2. The third kappa shape index (κ3) is 5.27. The van der Waals surface area contributed by atoms with Crippen molar-refractivity contribution in [1.82, 2.24) is 5.32 Å². The Morgan fingerprint density at radius 1 is 1.43 bits per heavy atom. The number of hydrogen-bond acceptors (Lipinski definition) is 4. The fourth-order valence-electron chi connectivity index (χ4n) is 2.36. The van der Waals surface area contributed by atoms with Gasteiger partial charge in [0, 0.05) is 18.2 Å². The van der Waals surface area contributed by atoms with E-state index in [0.717, 1.165) is 18.2 Å². The van der Waals surface area contributed by atoms with Crippen molar-refractivity contribution in [2.75, 3.05) is 13.2 Å². The number of amidine groups is 1. The predicted octanol–water partition coefficient (Wildman–Crippen LogP) is 2.33. The maximum absolute atomic E-state index is 8.60. The lowest BCUT2D eigenvalue weighted by atomic mass is 10.1. The Kier molecular flexibility index (Phi) is 5.87. The summed E-state index contributed by atoms with van der Waals surface area (Å²) in [7, 11) is 0. The predicted molar refractivity (Wildman–Crippen MR) is 83.9 cm³/mol. The molecule has 1 atom stereocenters. The minimum absolute atomic E-state index is 0.106. The molecule has 0 amide bonds. The molecule has 2 rings (SSSR count). The van der Waals surface area contributed by atoms with Crippen LogP contribution in [-0.4, -0.2) is 30.2 Å². The molecule has 1 aliphatic carbocycles. The highest BCUT2D eigenvalue weighted by Crippen LogP contribution is 2.33. The van der Waals surface area contributed by atoms with Crippen LogP contribution in [0.5, 0.6) is 5.75 Å². The standard InChI is InChI=1S/C16H25N3O2/c1-2-14(11-12-3-4-12)18-9-10-21-15-7-5-13(6-8-15)16(17)19-20/h5-8,12,14,18,20H,2-4,9-11H2,1H3,(H2,17,19). The molecule has 0 radical (unpaired) electrons. The van der Waals surface area contributed by atoms with Crippen LogP contribution in [-0.2, 0) is 0 Å². The molecule has 1 aromatic rings. The average molecular weight is 291 g/mol. The first kappa shape index (κ1) is 15.6. The van der Waals surface area contributed by atoms with E-state index < -0.39 is 0 Å². The fraction of sp³-hybridized carbons (Fsp3) is 0.562. The number of ether oxygens (including phenoxy) is 1. The Bertz CT molecular complexity index is 455. The number of rotatable bonds is 9. The van der Waals surface area contributed by atoms with Gasteiger partial charge in [-0.3, -0.25) is 0 Å². The van der Waals surface area contributed by atoms with Crippen molar-refractivity contribution in [2.24, 2.45) is 16.8 Å². The topological polar surface area (TPSA) is 79.9 Å². The summed E-state index contributed by atoms with van der Waals surface area (Å²) in [5.74, 6) is 1.85. The van der Waals surface area contributed by atoms with Gasteiger partial charge in [-0.1, -0.05) is 24.9 Å². The van der Waals surface area contributed by atoms with Crippen LogP contribution in [0.4, 0.5) is 0 Å². The fourth-order valence-corrected chi connectivity index (χ4v) is 2.36. The van der Waals surface area contributed by atoms with Crippen LogP contribution in [0.2, 0.25) is 0 Å². The molecule has 116 valence electrons. The third-order valence-electron chi connectivity index (χ3n) is 3.87. The van der Waals surface area contributed by atoms with E-state index in [4.69, 9.17) is 15.7 Å². The minimum atomic E-state index is 0.106. The second-order valence-corrected chi connectivity index (χ2v) is 5.60. The van der Waals surface area contributed by atoms with Gasteiger partial charge in [0.15, 0.2) is 5.84 Å². The van der Waals surface area contributed by atoms with Gasteiger partial charge in [0.2, 0.25) is 0 Å². The number of nitrogens with zero attached hydrogens (tertiary/aromatic N) is 1. The molecule has 0 saturated heterocycles. The highest BCUT2D eigenvalue weighted by molar-refractivity contribution is 5.97. The average Bonchev–Trinajstić information content (AvgIpc) is 3.34. The Morgan fingerprint density at radius 2 is 2.14 bits per heavy atom. The van der Waals surface area contributed by atoms with Crippen molar-refractivity contribution in [3.63, 3.8) is 0 Å². The molecule has 0 aromatic heterocycles. The molecule has 5 nitrogen and oxygen atoms in total. The van der Waals surface area contributed by atoms with Crippen molar-refractivity contribution in [1.29, 1.82) is 0 Å². The van der Waals surface area contributed by atoms with E-state index in [2.05, 4.69) is 17.4 Å². The zero-order valence-electron chi connectivity index (χ0n) is 12.6. The van der Waals surface area contributed by atoms with Crippen LogP contribution >= 0.6 is 0 Å². The lowest BCUT2D eigenvalue weighted by Crippen LogP contribution is -2.32. The van der Waals surface area contributed by atoms with Crippen LogP contribution in [0.1, 0.15) is 38.2 Å². The van der Waals surface area contributed by atoms with Gasteiger partial charge in [0.05, 0.1) is 0 Å². The van der Waals surface area contributed by atoms with Gasteiger partial charge in [-0.15, -0.1) is 0 Å². The molecule has 0 spiro atoms. The van der Waals surface area contributed by atoms with Gasteiger partial charge in [-0.05, 0) is 43.0 Å². The molecule has 21 heavy (non-hydrogen) atoms. The highest BCUT2D eigenvalue weighted by Gasteiger charge is 2.24. The van der Waals surface area contributed by atoms with E-state index in [1.807, 2.05) is 12.1 Å². The smallest absolute Gasteiger partial charge is 0.170 e. The Labute approximate surface area is 126 Å². The summed E-state index contributed by atoms with van der Waals surface area (Å²) in [6.45, 7) is 3.73. The van der Waals surface area contributed by atoms with Gasteiger partial charge in [0.1, 0.15) is 12.4 Å². The summed E-state index contributed by atoms with van der Waals surface area (Å²) in [4.78, 5) is 0. The van der Waals surface area contributed by atoms with Gasteiger partial charge in [0.25, 0.3) is 0 Å². The normalized spacial score (nSPS) is 16.7. The number of oxime groups is 1. The van der Waals surface area contributed by atoms with Crippen molar-refractivity contribution >= 4 is 5.84 Å².